The molecule has 0 fully saturated rings. The van der Waals surface area contributed by atoms with Crippen LogP contribution in [0.25, 0.3) is 0 Å². The third kappa shape index (κ3) is 6.50. The van der Waals surface area contributed by atoms with Crippen LogP contribution in [0, 0.1) is 18.2 Å². The number of halogens is 3. The number of nitrogens with two attached hydrogens (primary N) is 1. The van der Waals surface area contributed by atoms with E-state index in [4.69, 9.17) is 5.73 Å². The standard InChI is InChI=1S/C18H24FN3OS.2ClH/c1-12-16(17(23)22(4)11-18(2,3)10-20)24-15(21-12)9-13-5-7-14(19)8-6-13;;/h5-8H,9-11,20H2,1-4H3;2*1H. The number of hydrogen-bond donors (Lipinski definition) is 1. The molecule has 8 heteroatoms. The van der Waals surface area contributed by atoms with E-state index in [2.05, 4.69) is 4.98 Å². The lowest BCUT2D eigenvalue weighted by atomic mass is 9.93. The summed E-state index contributed by atoms with van der Waals surface area (Å²) in [4.78, 5) is 19.5. The number of aryl methyl sites for hydroxylation is 1. The van der Waals surface area contributed by atoms with Gasteiger partial charge in [0, 0.05) is 20.0 Å². The number of carbonyl (C=O) groups excluding carboxylic acids is 1. The van der Waals surface area contributed by atoms with Crippen molar-refractivity contribution in [3.05, 3.63) is 51.2 Å². The van der Waals surface area contributed by atoms with Gasteiger partial charge >= 0.3 is 0 Å². The van der Waals surface area contributed by atoms with Crippen molar-refractivity contribution < 1.29 is 9.18 Å². The molecule has 0 aliphatic rings. The predicted molar refractivity (Wildman–Crippen MR) is 110 cm³/mol. The summed E-state index contributed by atoms with van der Waals surface area (Å²) < 4.78 is 13.0. The van der Waals surface area contributed by atoms with Crippen LogP contribution in [0.4, 0.5) is 4.39 Å². The number of hydrogen-bond acceptors (Lipinski definition) is 4. The Kier molecular flexibility index (Phi) is 9.73. The first-order valence-electron chi connectivity index (χ1n) is 7.88. The fourth-order valence-corrected chi connectivity index (χ4v) is 3.55. The molecule has 0 saturated heterocycles. The number of rotatable bonds is 6. The fraction of sp³-hybridized carbons (Fsp3) is 0.444. The lowest BCUT2D eigenvalue weighted by Gasteiger charge is -2.28. The van der Waals surface area contributed by atoms with Gasteiger partial charge in [-0.15, -0.1) is 36.2 Å². The van der Waals surface area contributed by atoms with Gasteiger partial charge in [0.05, 0.1) is 10.7 Å². The van der Waals surface area contributed by atoms with Gasteiger partial charge in [-0.25, -0.2) is 9.37 Å². The van der Waals surface area contributed by atoms with Crippen molar-refractivity contribution in [2.45, 2.75) is 27.2 Å². The molecule has 26 heavy (non-hydrogen) atoms. The summed E-state index contributed by atoms with van der Waals surface area (Å²) in [7, 11) is 1.79. The van der Waals surface area contributed by atoms with Crippen molar-refractivity contribution >= 4 is 42.1 Å². The Hall–Kier alpha value is -1.21. The van der Waals surface area contributed by atoms with Crippen LogP contribution in [0.1, 0.15) is 39.8 Å². The zero-order valence-corrected chi connectivity index (χ0v) is 17.9. The lowest BCUT2D eigenvalue weighted by molar-refractivity contribution is 0.0744. The molecular formula is C18H26Cl2FN3OS. The second-order valence-electron chi connectivity index (χ2n) is 6.85. The Balaban J connectivity index is 0.00000312. The van der Waals surface area contributed by atoms with Crippen molar-refractivity contribution in [2.24, 2.45) is 11.1 Å². The van der Waals surface area contributed by atoms with Gasteiger partial charge in [-0.05, 0) is 36.6 Å². The molecule has 0 radical (unpaired) electrons. The molecule has 0 aliphatic carbocycles. The lowest BCUT2D eigenvalue weighted by Crippen LogP contribution is -2.39. The molecule has 2 rings (SSSR count). The Morgan fingerprint density at radius 1 is 1.27 bits per heavy atom. The highest BCUT2D eigenvalue weighted by atomic mass is 35.5. The van der Waals surface area contributed by atoms with Crippen LogP contribution in [-0.2, 0) is 6.42 Å². The largest absolute Gasteiger partial charge is 0.340 e. The van der Waals surface area contributed by atoms with Gasteiger partial charge in [0.25, 0.3) is 5.91 Å². The Morgan fingerprint density at radius 2 is 1.85 bits per heavy atom. The van der Waals surface area contributed by atoms with Gasteiger partial charge in [0.2, 0.25) is 0 Å². The minimum absolute atomic E-state index is 0. The summed E-state index contributed by atoms with van der Waals surface area (Å²) in [6.07, 6.45) is 0.594. The minimum atomic E-state index is -0.255. The van der Waals surface area contributed by atoms with Crippen molar-refractivity contribution in [3.8, 4) is 0 Å². The second kappa shape index (κ2) is 10.2. The quantitative estimate of drug-likeness (QED) is 0.763. The second-order valence-corrected chi connectivity index (χ2v) is 7.94. The zero-order valence-electron chi connectivity index (χ0n) is 15.4. The highest BCUT2D eigenvalue weighted by Crippen LogP contribution is 2.24. The SMILES string of the molecule is Cc1nc(Cc2ccc(F)cc2)sc1C(=O)N(C)CC(C)(C)CN.Cl.Cl. The van der Waals surface area contributed by atoms with Crippen LogP contribution in [0.3, 0.4) is 0 Å². The number of thiazole rings is 1. The molecule has 0 saturated carbocycles. The summed E-state index contributed by atoms with van der Waals surface area (Å²) >= 11 is 1.40. The van der Waals surface area contributed by atoms with Gasteiger partial charge in [-0.3, -0.25) is 4.79 Å². The molecule has 1 amide bonds. The van der Waals surface area contributed by atoms with Crippen LogP contribution in [0.5, 0.6) is 0 Å². The molecule has 0 unspecified atom stereocenters. The molecular weight excluding hydrogens is 396 g/mol. The molecule has 1 heterocycles. The van der Waals surface area contributed by atoms with E-state index in [0.717, 1.165) is 16.3 Å². The Bertz CT molecular complexity index is 720. The van der Waals surface area contributed by atoms with Gasteiger partial charge in [-0.1, -0.05) is 26.0 Å². The first-order valence-corrected chi connectivity index (χ1v) is 8.70. The van der Waals surface area contributed by atoms with Gasteiger partial charge in [-0.2, -0.15) is 0 Å². The molecule has 4 nitrogen and oxygen atoms in total. The highest BCUT2D eigenvalue weighted by molar-refractivity contribution is 7.13. The normalized spacial score (nSPS) is 10.7. The minimum Gasteiger partial charge on any atom is -0.340 e. The third-order valence-electron chi connectivity index (χ3n) is 3.87. The number of carbonyl (C=O) groups is 1. The van der Waals surface area contributed by atoms with Gasteiger partial charge < -0.3 is 10.6 Å². The van der Waals surface area contributed by atoms with E-state index in [1.54, 1.807) is 24.1 Å². The van der Waals surface area contributed by atoms with Crippen LogP contribution >= 0.6 is 36.2 Å². The molecule has 1 aromatic heterocycles. The summed E-state index contributed by atoms with van der Waals surface area (Å²) in [6.45, 7) is 7.03. The van der Waals surface area contributed by atoms with E-state index < -0.39 is 0 Å². The van der Waals surface area contributed by atoms with Crippen molar-refractivity contribution in [1.82, 2.24) is 9.88 Å². The Morgan fingerprint density at radius 3 is 2.38 bits per heavy atom. The average Bonchev–Trinajstić information content (AvgIpc) is 2.89. The maximum Gasteiger partial charge on any atom is 0.265 e. The Labute approximate surface area is 170 Å². The molecule has 0 spiro atoms. The number of aromatic nitrogens is 1. The highest BCUT2D eigenvalue weighted by Gasteiger charge is 2.24. The molecule has 2 aromatic rings. The molecule has 1 aromatic carbocycles. The van der Waals surface area contributed by atoms with Crippen molar-refractivity contribution in [3.63, 3.8) is 0 Å². The summed E-state index contributed by atoms with van der Waals surface area (Å²) in [5, 5.41) is 0.856. The van der Waals surface area contributed by atoms with Crippen molar-refractivity contribution in [2.75, 3.05) is 20.1 Å². The van der Waals surface area contributed by atoms with Crippen LogP contribution < -0.4 is 5.73 Å². The predicted octanol–water partition coefficient (Wildman–Crippen LogP) is 4.08. The molecule has 146 valence electrons. The monoisotopic (exact) mass is 421 g/mol. The fourth-order valence-electron chi connectivity index (χ4n) is 2.45. The number of nitrogens with zero attached hydrogens (tertiary/aromatic N) is 2. The summed E-state index contributed by atoms with van der Waals surface area (Å²) in [5.74, 6) is -0.286. The third-order valence-corrected chi connectivity index (χ3v) is 5.01. The van der Waals surface area contributed by atoms with E-state index in [1.807, 2.05) is 20.8 Å². The maximum atomic E-state index is 13.0. The van der Waals surface area contributed by atoms with Gasteiger partial charge in [0.15, 0.2) is 0 Å². The van der Waals surface area contributed by atoms with E-state index in [1.165, 1.54) is 23.5 Å². The molecule has 2 N–H and O–H groups in total. The van der Waals surface area contributed by atoms with Crippen LogP contribution in [0.2, 0.25) is 0 Å². The molecule has 0 bridgehead atoms. The summed E-state index contributed by atoms with van der Waals surface area (Å²) in [5.41, 5.74) is 7.33. The zero-order chi connectivity index (χ0) is 17.9. The molecule has 0 atom stereocenters. The number of benzene rings is 1. The topological polar surface area (TPSA) is 59.2 Å². The van der Waals surface area contributed by atoms with E-state index in [9.17, 15) is 9.18 Å². The first kappa shape index (κ1) is 24.8. The first-order chi connectivity index (χ1) is 11.2. The van der Waals surface area contributed by atoms with Crippen molar-refractivity contribution in [1.29, 1.82) is 0 Å². The van der Waals surface area contributed by atoms with Crippen LogP contribution in [-0.4, -0.2) is 35.9 Å². The average molecular weight is 422 g/mol. The molecule has 0 aliphatic heterocycles. The van der Waals surface area contributed by atoms with E-state index >= 15 is 0 Å². The smallest absolute Gasteiger partial charge is 0.265 e. The van der Waals surface area contributed by atoms with E-state index in [0.29, 0.717) is 24.4 Å². The van der Waals surface area contributed by atoms with Crippen LogP contribution in [0.15, 0.2) is 24.3 Å². The maximum absolute atomic E-state index is 13.0. The van der Waals surface area contributed by atoms with Gasteiger partial charge in [0.1, 0.15) is 10.7 Å². The summed E-state index contributed by atoms with van der Waals surface area (Å²) in [6, 6.07) is 6.35. The number of amides is 1. The van der Waals surface area contributed by atoms with E-state index in [-0.39, 0.29) is 42.0 Å².